The Morgan fingerprint density at radius 3 is 1.08 bits per heavy atom. The zero-order chi connectivity index (χ0) is 67.1. The van der Waals surface area contributed by atoms with Gasteiger partial charge in [-0.2, -0.15) is 47.9 Å². The highest BCUT2D eigenvalue weighted by Gasteiger charge is 2.32. The Bertz CT molecular complexity index is 4040. The highest BCUT2D eigenvalue weighted by Crippen LogP contribution is 2.36. The fourth-order valence-corrected chi connectivity index (χ4v) is 8.31. The minimum atomic E-state index is -4.45. The van der Waals surface area contributed by atoms with E-state index >= 15 is 0 Å². The number of H-pyrrole nitrogens is 3. The first kappa shape index (κ1) is 71.5. The van der Waals surface area contributed by atoms with E-state index in [0.717, 1.165) is 42.7 Å². The maximum atomic E-state index is 12.8. The van der Waals surface area contributed by atoms with Crippen molar-refractivity contribution < 1.29 is 95.2 Å². The summed E-state index contributed by atoms with van der Waals surface area (Å²) >= 11 is 0. The van der Waals surface area contributed by atoms with Crippen LogP contribution in [0.1, 0.15) is 50.5 Å². The Labute approximate surface area is 513 Å². The molecule has 0 unspecified atom stereocenters. The molecule has 0 radical (unpaired) electrons. The summed E-state index contributed by atoms with van der Waals surface area (Å²) in [4.78, 5) is 54.1. The number of alkyl halides is 9. The van der Waals surface area contributed by atoms with Crippen molar-refractivity contribution in [1.29, 1.82) is 0 Å². The highest BCUT2D eigenvalue weighted by atomic mass is 32.2. The molecule has 36 heteroatoms. The minimum absolute atomic E-state index is 0.000886. The standard InChI is InChI=1S/C19H19F3N4O4.C18H16F3N3O6S.C17H14F3N3O4.C2H7NO/c20-19(21,22)13-3-1-12(2-4-13)11-14-16(17-25-18(28)30-26-17)15(5-6-24-14)29-10-8-23-7-9-27;1-31(26,27)29-9-8-28-14-6-7-22-13(15(14)16-23-17(25)30-24-16)10-11-2-4-12(5-3-11)18(19,20)21;18-17(19,20)11-3-1-10(2-4-11)9-12-14(15-22-16(25)27-23-15)13(5-6-21-12)26-8-7-24;3-1-2-4/h1-6,23,27H,7-11H2,(H,25,26,28);2-7H,8-10H2,1H3,(H,23,24,25);1-6,24H,7-9H2,(H,22,23,25);4H,1-3H2. The number of nitrogens with two attached hydrogens (primary N) is 1. The third kappa shape index (κ3) is 22.1. The van der Waals surface area contributed by atoms with E-state index in [1.54, 1.807) is 6.07 Å². The Morgan fingerprint density at radius 1 is 0.478 bits per heavy atom. The van der Waals surface area contributed by atoms with E-state index in [-0.39, 0.29) is 94.3 Å². The molecule has 92 heavy (non-hydrogen) atoms. The number of halogens is 9. The monoisotopic (exact) mass is 1330 g/mol. The van der Waals surface area contributed by atoms with Crippen LogP contribution >= 0.6 is 0 Å². The van der Waals surface area contributed by atoms with Crippen LogP contribution in [0, 0.1) is 0 Å². The molecule has 0 amide bonds. The Hall–Kier alpha value is -9.59. The molecular weight excluding hydrogens is 1270 g/mol. The molecule has 9 N–H and O–H groups in total. The molecule has 3 aromatic carbocycles. The van der Waals surface area contributed by atoms with Crippen LogP contribution in [-0.2, 0) is 52.1 Å². The van der Waals surface area contributed by atoms with Crippen molar-refractivity contribution in [2.24, 2.45) is 5.73 Å². The lowest BCUT2D eigenvalue weighted by Crippen LogP contribution is -2.24. The molecule has 0 aliphatic carbocycles. The lowest BCUT2D eigenvalue weighted by Gasteiger charge is -2.14. The fraction of sp³-hybridized carbons (Fsp3) is 0.304. The molecule has 9 aromatic rings. The fourth-order valence-electron chi connectivity index (χ4n) is 7.94. The smallest absolute Gasteiger partial charge is 0.439 e. The van der Waals surface area contributed by atoms with Crippen LogP contribution < -0.4 is 42.5 Å². The molecule has 494 valence electrons. The van der Waals surface area contributed by atoms with Gasteiger partial charge in [0.05, 0.1) is 76.5 Å². The Balaban J connectivity index is 0.000000213. The third-order valence-electron chi connectivity index (χ3n) is 11.9. The maximum absolute atomic E-state index is 12.8. The molecular formula is C56H56F9N11O15S. The van der Waals surface area contributed by atoms with Gasteiger partial charge in [-0.25, -0.2) is 14.4 Å². The van der Waals surface area contributed by atoms with Crippen LogP contribution in [-0.4, -0.2) is 141 Å². The number of aliphatic hydroxyl groups is 3. The lowest BCUT2D eigenvalue weighted by molar-refractivity contribution is -0.138. The quantitative estimate of drug-likeness (QED) is 0.0203. The van der Waals surface area contributed by atoms with Crippen molar-refractivity contribution in [2.75, 3.05) is 72.1 Å². The normalized spacial score (nSPS) is 11.6. The number of rotatable bonds is 24. The molecule has 0 aliphatic rings. The van der Waals surface area contributed by atoms with Crippen molar-refractivity contribution in [1.82, 2.24) is 50.7 Å². The minimum Gasteiger partial charge on any atom is -0.491 e. The number of nitrogens with zero attached hydrogens (tertiary/aromatic N) is 6. The second-order valence-electron chi connectivity index (χ2n) is 18.6. The van der Waals surface area contributed by atoms with Crippen LogP contribution in [0.25, 0.3) is 34.2 Å². The van der Waals surface area contributed by atoms with Gasteiger partial charge in [0.2, 0.25) is 0 Å². The average molecular weight is 1330 g/mol. The van der Waals surface area contributed by atoms with E-state index in [0.29, 0.717) is 76.0 Å². The molecule has 6 aromatic heterocycles. The number of hydrogen-bond donors (Lipinski definition) is 8. The first-order chi connectivity index (χ1) is 43.7. The van der Waals surface area contributed by atoms with Crippen LogP contribution in [0.2, 0.25) is 0 Å². The van der Waals surface area contributed by atoms with Crippen molar-refractivity contribution in [3.05, 3.63) is 192 Å². The molecule has 26 nitrogen and oxygen atoms in total. The molecule has 9 rings (SSSR count). The second-order valence-corrected chi connectivity index (χ2v) is 20.3. The first-order valence-electron chi connectivity index (χ1n) is 26.8. The average Bonchev–Trinajstić information content (AvgIpc) is 1.43. The number of benzene rings is 3. The van der Waals surface area contributed by atoms with Crippen LogP contribution in [0.15, 0.2) is 138 Å². The van der Waals surface area contributed by atoms with Gasteiger partial charge in [-0.05, 0) is 71.3 Å². The van der Waals surface area contributed by atoms with Crippen LogP contribution in [0.3, 0.4) is 0 Å². The van der Waals surface area contributed by atoms with Gasteiger partial charge in [0, 0.05) is 57.5 Å². The molecule has 6 heterocycles. The van der Waals surface area contributed by atoms with E-state index in [1.807, 2.05) is 0 Å². The summed E-state index contributed by atoms with van der Waals surface area (Å²) in [6, 6.07) is 18.5. The van der Waals surface area contributed by atoms with Gasteiger partial charge in [0.25, 0.3) is 10.1 Å². The number of aromatic amines is 3. The number of pyridine rings is 3. The van der Waals surface area contributed by atoms with Gasteiger partial charge in [-0.3, -0.25) is 47.7 Å². The molecule has 0 spiro atoms. The molecule has 0 aliphatic heterocycles. The number of ether oxygens (including phenoxy) is 3. The Kier molecular flexibility index (Phi) is 26.0. The van der Waals surface area contributed by atoms with Crippen molar-refractivity contribution >= 4 is 10.1 Å². The van der Waals surface area contributed by atoms with Gasteiger partial charge >= 0.3 is 35.8 Å². The summed E-state index contributed by atoms with van der Waals surface area (Å²) in [5, 5.41) is 39.4. The van der Waals surface area contributed by atoms with Gasteiger partial charge in [0.15, 0.2) is 17.5 Å². The number of aromatic nitrogens is 9. The molecule has 0 saturated heterocycles. The van der Waals surface area contributed by atoms with Gasteiger partial charge in [-0.15, -0.1) is 0 Å². The highest BCUT2D eigenvalue weighted by molar-refractivity contribution is 7.86. The van der Waals surface area contributed by atoms with Gasteiger partial charge in [0.1, 0.15) is 43.7 Å². The SMILES string of the molecule is CS(=O)(=O)OCCOc1ccnc(Cc2ccc(C(F)(F)F)cc2)c1-c1noc(=O)[nH]1.NCCO.O=c1[nH]c(-c2c(OCCNCCO)ccnc2Cc2ccc(C(F)(F)F)cc2)no1.O=c1[nH]c(-c2c(OCCO)ccnc2Cc2ccc(C(F)(F)F)cc2)no1. The number of hydrogen-bond acceptors (Lipinski definition) is 23. The second kappa shape index (κ2) is 33.5. The summed E-state index contributed by atoms with van der Waals surface area (Å²) in [7, 11) is -3.65. The molecule has 0 bridgehead atoms. The van der Waals surface area contributed by atoms with Crippen molar-refractivity contribution in [3.63, 3.8) is 0 Å². The molecule has 0 saturated carbocycles. The van der Waals surface area contributed by atoms with Gasteiger partial charge in [-0.1, -0.05) is 51.9 Å². The Morgan fingerprint density at radius 2 is 0.804 bits per heavy atom. The maximum Gasteiger partial charge on any atom is 0.439 e. The van der Waals surface area contributed by atoms with E-state index in [4.69, 9.17) is 35.3 Å². The number of aliphatic hydroxyl groups excluding tert-OH is 3. The number of nitrogens with one attached hydrogen (secondary N) is 4. The lowest BCUT2D eigenvalue weighted by atomic mass is 10.0. The predicted molar refractivity (Wildman–Crippen MR) is 304 cm³/mol. The van der Waals surface area contributed by atoms with Crippen LogP contribution in [0.4, 0.5) is 39.5 Å². The predicted octanol–water partition coefficient (Wildman–Crippen LogP) is 5.73. The summed E-state index contributed by atoms with van der Waals surface area (Å²) in [5.74, 6) is -1.32. The topological polar surface area (TPSA) is 385 Å². The van der Waals surface area contributed by atoms with Crippen molar-refractivity contribution in [3.8, 4) is 51.4 Å². The molecule has 0 fully saturated rings. The summed E-state index contributed by atoms with van der Waals surface area (Å²) in [6.45, 7) is 0.977. The summed E-state index contributed by atoms with van der Waals surface area (Å²) in [5.41, 5.74) is 6.33. The largest absolute Gasteiger partial charge is 0.491 e. The third-order valence-corrected chi connectivity index (χ3v) is 12.5. The zero-order valence-corrected chi connectivity index (χ0v) is 48.7. The van der Waals surface area contributed by atoms with Crippen LogP contribution in [0.5, 0.6) is 17.2 Å². The zero-order valence-electron chi connectivity index (χ0n) is 47.9. The van der Waals surface area contributed by atoms with E-state index in [9.17, 15) is 62.3 Å². The van der Waals surface area contributed by atoms with E-state index in [1.165, 1.54) is 67.1 Å². The molecule has 0 atom stereocenters. The van der Waals surface area contributed by atoms with Crippen molar-refractivity contribution in [2.45, 2.75) is 37.8 Å². The van der Waals surface area contributed by atoms with Gasteiger partial charge < -0.3 is 40.6 Å². The van der Waals surface area contributed by atoms with E-state index < -0.39 is 62.6 Å². The summed E-state index contributed by atoms with van der Waals surface area (Å²) < 4.78 is 172. The first-order valence-corrected chi connectivity index (χ1v) is 28.6. The summed E-state index contributed by atoms with van der Waals surface area (Å²) in [6.07, 6.45) is -7.60. The van der Waals surface area contributed by atoms with E-state index in [2.05, 4.69) is 68.4 Å².